The van der Waals surface area contributed by atoms with Crippen LogP contribution in [0.1, 0.15) is 34.6 Å². The predicted octanol–water partition coefficient (Wildman–Crippen LogP) is 1.92. The summed E-state index contributed by atoms with van der Waals surface area (Å²) < 4.78 is 5.24. The molecule has 0 spiro atoms. The van der Waals surface area contributed by atoms with Crippen molar-refractivity contribution in [3.05, 3.63) is 0 Å². The predicted molar refractivity (Wildman–Crippen MR) is 58.2 cm³/mol. The van der Waals surface area contributed by atoms with Crippen LogP contribution in [0.15, 0.2) is 0 Å². The maximum Gasteiger partial charge on any atom is 0.227 e. The summed E-state index contributed by atoms with van der Waals surface area (Å²) in [5.41, 5.74) is 0. The number of hydrogen-bond acceptors (Lipinski definition) is 2. The van der Waals surface area contributed by atoms with Crippen LogP contribution in [-0.2, 0) is 9.53 Å². The van der Waals surface area contributed by atoms with E-state index in [0.29, 0.717) is 13.2 Å². The second kappa shape index (κ2) is 6.82. The van der Waals surface area contributed by atoms with E-state index in [9.17, 15) is 4.79 Å². The molecule has 0 aromatic carbocycles. The van der Waals surface area contributed by atoms with Crippen molar-refractivity contribution >= 4 is 5.91 Å². The van der Waals surface area contributed by atoms with Crippen LogP contribution in [0.3, 0.4) is 0 Å². The molecule has 0 N–H and O–H groups in total. The molecule has 0 aromatic rings. The maximum atomic E-state index is 11.9. The summed E-state index contributed by atoms with van der Waals surface area (Å²) in [6.45, 7) is 11.9. The fourth-order valence-electron chi connectivity index (χ4n) is 1.42. The fraction of sp³-hybridized carbons (Fsp3) is 0.909. The van der Waals surface area contributed by atoms with E-state index in [2.05, 4.69) is 0 Å². The second-order valence-electron chi connectivity index (χ2n) is 3.78. The molecule has 14 heavy (non-hydrogen) atoms. The Balaban J connectivity index is 4.13. The number of rotatable bonds is 6. The molecule has 0 saturated heterocycles. The lowest BCUT2D eigenvalue weighted by Gasteiger charge is -2.28. The Kier molecular flexibility index (Phi) is 6.54. The van der Waals surface area contributed by atoms with E-state index in [-0.39, 0.29) is 17.9 Å². The number of carbonyl (C=O) groups is 1. The zero-order valence-corrected chi connectivity index (χ0v) is 10.0. The van der Waals surface area contributed by atoms with Gasteiger partial charge in [-0.05, 0) is 27.7 Å². The van der Waals surface area contributed by atoms with Gasteiger partial charge in [0, 0.05) is 19.2 Å². The topological polar surface area (TPSA) is 29.5 Å². The van der Waals surface area contributed by atoms with Crippen LogP contribution in [-0.4, -0.2) is 36.6 Å². The first kappa shape index (κ1) is 13.4. The highest BCUT2D eigenvalue weighted by Crippen LogP contribution is 2.07. The Labute approximate surface area is 87.4 Å². The third-order valence-corrected chi connectivity index (χ3v) is 2.24. The summed E-state index contributed by atoms with van der Waals surface area (Å²) in [4.78, 5) is 13.7. The van der Waals surface area contributed by atoms with Gasteiger partial charge in [-0.25, -0.2) is 0 Å². The molecule has 0 aromatic heterocycles. The first-order valence-corrected chi connectivity index (χ1v) is 5.42. The number of amides is 1. The molecule has 84 valence electrons. The summed E-state index contributed by atoms with van der Waals surface area (Å²) in [5.74, 6) is 0.160. The van der Waals surface area contributed by atoms with E-state index < -0.39 is 0 Å². The zero-order chi connectivity index (χ0) is 11.1. The molecule has 0 fully saturated rings. The zero-order valence-electron chi connectivity index (χ0n) is 10.0. The highest BCUT2D eigenvalue weighted by molar-refractivity contribution is 5.78. The van der Waals surface area contributed by atoms with Gasteiger partial charge in [-0.3, -0.25) is 4.79 Å². The number of carbonyl (C=O) groups excluding carboxylic acids is 1. The Morgan fingerprint density at radius 2 is 1.86 bits per heavy atom. The van der Waals surface area contributed by atoms with Crippen LogP contribution in [0.4, 0.5) is 0 Å². The summed E-state index contributed by atoms with van der Waals surface area (Å²) in [7, 11) is 0. The van der Waals surface area contributed by atoms with Gasteiger partial charge in [0.05, 0.1) is 12.5 Å². The van der Waals surface area contributed by atoms with Gasteiger partial charge in [0.15, 0.2) is 0 Å². The van der Waals surface area contributed by atoms with Crippen molar-refractivity contribution in [3.8, 4) is 0 Å². The summed E-state index contributed by atoms with van der Waals surface area (Å²) >= 11 is 0. The van der Waals surface area contributed by atoms with E-state index in [4.69, 9.17) is 4.74 Å². The number of nitrogens with zero attached hydrogens (tertiary/aromatic N) is 1. The number of ether oxygens (including phenoxy) is 1. The molecular formula is C11H23NO2. The molecule has 1 amide bonds. The van der Waals surface area contributed by atoms with Crippen LogP contribution >= 0.6 is 0 Å². The Hall–Kier alpha value is -0.570. The summed E-state index contributed by atoms with van der Waals surface area (Å²) in [6.07, 6.45) is 0. The van der Waals surface area contributed by atoms with E-state index in [1.807, 2.05) is 39.5 Å². The molecule has 0 aliphatic heterocycles. The Morgan fingerprint density at radius 1 is 1.29 bits per heavy atom. The minimum Gasteiger partial charge on any atom is -0.381 e. The Bertz CT molecular complexity index is 169. The maximum absolute atomic E-state index is 11.9. The second-order valence-corrected chi connectivity index (χ2v) is 3.78. The van der Waals surface area contributed by atoms with Crippen LogP contribution in [0.2, 0.25) is 0 Å². The smallest absolute Gasteiger partial charge is 0.227 e. The van der Waals surface area contributed by atoms with Gasteiger partial charge in [-0.1, -0.05) is 6.92 Å². The van der Waals surface area contributed by atoms with Gasteiger partial charge >= 0.3 is 0 Å². The van der Waals surface area contributed by atoms with Crippen molar-refractivity contribution in [2.24, 2.45) is 5.92 Å². The molecule has 1 unspecified atom stereocenters. The molecule has 1 atom stereocenters. The van der Waals surface area contributed by atoms with Gasteiger partial charge in [-0.15, -0.1) is 0 Å². The van der Waals surface area contributed by atoms with Gasteiger partial charge in [-0.2, -0.15) is 0 Å². The average molecular weight is 201 g/mol. The quantitative estimate of drug-likeness (QED) is 0.657. The van der Waals surface area contributed by atoms with Crippen LogP contribution in [0, 0.1) is 5.92 Å². The lowest BCUT2D eigenvalue weighted by Crippen LogP contribution is -2.41. The molecule has 0 aliphatic rings. The van der Waals surface area contributed by atoms with Gasteiger partial charge in [0.25, 0.3) is 0 Å². The van der Waals surface area contributed by atoms with Gasteiger partial charge in [0.2, 0.25) is 5.91 Å². The first-order chi connectivity index (χ1) is 6.54. The molecule has 3 nitrogen and oxygen atoms in total. The number of hydrogen-bond donors (Lipinski definition) is 0. The third kappa shape index (κ3) is 4.09. The third-order valence-electron chi connectivity index (χ3n) is 2.24. The monoisotopic (exact) mass is 201 g/mol. The van der Waals surface area contributed by atoms with Crippen LogP contribution in [0.5, 0.6) is 0 Å². The Morgan fingerprint density at radius 3 is 2.21 bits per heavy atom. The highest BCUT2D eigenvalue weighted by atomic mass is 16.5. The van der Waals surface area contributed by atoms with E-state index in [1.165, 1.54) is 0 Å². The molecule has 0 heterocycles. The van der Waals surface area contributed by atoms with E-state index >= 15 is 0 Å². The molecule has 3 heteroatoms. The molecule has 0 saturated carbocycles. The van der Waals surface area contributed by atoms with Crippen molar-refractivity contribution in [1.82, 2.24) is 4.90 Å². The lowest BCUT2D eigenvalue weighted by molar-refractivity contribution is -0.138. The van der Waals surface area contributed by atoms with Crippen LogP contribution in [0.25, 0.3) is 0 Å². The van der Waals surface area contributed by atoms with Crippen molar-refractivity contribution < 1.29 is 9.53 Å². The van der Waals surface area contributed by atoms with E-state index in [0.717, 1.165) is 6.54 Å². The lowest BCUT2D eigenvalue weighted by atomic mass is 10.1. The molecular weight excluding hydrogens is 178 g/mol. The fourth-order valence-corrected chi connectivity index (χ4v) is 1.42. The van der Waals surface area contributed by atoms with Crippen molar-refractivity contribution in [1.29, 1.82) is 0 Å². The van der Waals surface area contributed by atoms with Crippen LogP contribution < -0.4 is 0 Å². The average Bonchev–Trinajstić information content (AvgIpc) is 2.14. The molecule has 0 bridgehead atoms. The van der Waals surface area contributed by atoms with Gasteiger partial charge in [0.1, 0.15) is 0 Å². The largest absolute Gasteiger partial charge is 0.381 e. The normalized spacial score (nSPS) is 13.0. The first-order valence-electron chi connectivity index (χ1n) is 5.42. The molecule has 0 radical (unpaired) electrons. The highest BCUT2D eigenvalue weighted by Gasteiger charge is 2.21. The van der Waals surface area contributed by atoms with Crippen molar-refractivity contribution in [2.75, 3.05) is 19.8 Å². The van der Waals surface area contributed by atoms with Crippen molar-refractivity contribution in [3.63, 3.8) is 0 Å². The SMILES string of the molecule is CCOCC(C)C(=O)N(CC)C(C)C. The minimum absolute atomic E-state index is 0.0303. The summed E-state index contributed by atoms with van der Waals surface area (Å²) in [6, 6.07) is 0.275. The molecule has 0 aliphatic carbocycles. The molecule has 0 rings (SSSR count). The van der Waals surface area contributed by atoms with E-state index in [1.54, 1.807) is 0 Å². The minimum atomic E-state index is -0.0303. The van der Waals surface area contributed by atoms with Gasteiger partial charge < -0.3 is 9.64 Å². The van der Waals surface area contributed by atoms with Crippen molar-refractivity contribution in [2.45, 2.75) is 40.7 Å². The standard InChI is InChI=1S/C11H23NO2/c1-6-12(9(3)4)11(13)10(5)8-14-7-2/h9-10H,6-8H2,1-5H3. The summed E-state index contributed by atoms with van der Waals surface area (Å²) in [5, 5.41) is 0.